The highest BCUT2D eigenvalue weighted by atomic mass is 32.2. The van der Waals surface area contributed by atoms with Gasteiger partial charge in [-0.15, -0.1) is 0 Å². The van der Waals surface area contributed by atoms with Crippen LogP contribution >= 0.6 is 0 Å². The van der Waals surface area contributed by atoms with Gasteiger partial charge < -0.3 is 4.57 Å². The van der Waals surface area contributed by atoms with Crippen molar-refractivity contribution in [2.75, 3.05) is 4.72 Å². The van der Waals surface area contributed by atoms with Crippen LogP contribution in [-0.2, 0) is 17.1 Å². The number of anilines is 1. The molecule has 6 nitrogen and oxygen atoms in total. The molecule has 2 aromatic heterocycles. The smallest absolute Gasteiger partial charge is 0.261 e. The van der Waals surface area contributed by atoms with Crippen LogP contribution in [0.15, 0.2) is 76.6 Å². The van der Waals surface area contributed by atoms with Crippen molar-refractivity contribution < 1.29 is 8.42 Å². The Bertz CT molecular complexity index is 1430. The minimum atomic E-state index is -3.73. The zero-order valence-electron chi connectivity index (χ0n) is 16.9. The molecule has 0 saturated carbocycles. The Morgan fingerprint density at radius 3 is 2.40 bits per heavy atom. The maximum Gasteiger partial charge on any atom is 0.261 e. The standard InChI is InChI=1S/C23H21N3O3S/c1-15-9-10-18(25-30(28,29)19-7-5-4-6-8-19)13-20(15)21-12-17-14-24-16(2)11-22(17)26(3)23(21)27/h4-14,25H,1-3H3. The van der Waals surface area contributed by atoms with Crippen molar-refractivity contribution in [2.24, 2.45) is 7.05 Å². The molecule has 0 aliphatic heterocycles. The average molecular weight is 420 g/mol. The summed E-state index contributed by atoms with van der Waals surface area (Å²) in [5.74, 6) is 0. The molecular weight excluding hydrogens is 398 g/mol. The summed E-state index contributed by atoms with van der Waals surface area (Å²) in [7, 11) is -2.00. The largest absolute Gasteiger partial charge is 0.311 e. The van der Waals surface area contributed by atoms with Crippen LogP contribution in [-0.4, -0.2) is 18.0 Å². The number of benzene rings is 2. The second-order valence-electron chi connectivity index (χ2n) is 7.25. The van der Waals surface area contributed by atoms with Crippen LogP contribution < -0.4 is 10.3 Å². The first-order valence-electron chi connectivity index (χ1n) is 9.41. The predicted molar refractivity (Wildman–Crippen MR) is 119 cm³/mol. The third kappa shape index (κ3) is 3.59. The number of nitrogens with zero attached hydrogens (tertiary/aromatic N) is 2. The van der Waals surface area contributed by atoms with Crippen molar-refractivity contribution in [3.63, 3.8) is 0 Å². The van der Waals surface area contributed by atoms with Gasteiger partial charge in [0.15, 0.2) is 0 Å². The fourth-order valence-electron chi connectivity index (χ4n) is 3.45. The van der Waals surface area contributed by atoms with Gasteiger partial charge in [0.2, 0.25) is 0 Å². The van der Waals surface area contributed by atoms with Crippen LogP contribution in [0.1, 0.15) is 11.3 Å². The SMILES string of the molecule is Cc1cc2c(cn1)cc(-c1cc(NS(=O)(=O)c3ccccc3)ccc1C)c(=O)n2C. The summed E-state index contributed by atoms with van der Waals surface area (Å²) in [4.78, 5) is 17.6. The molecule has 1 N–H and O–H groups in total. The molecule has 2 heterocycles. The lowest BCUT2D eigenvalue weighted by molar-refractivity contribution is 0.601. The third-order valence-corrected chi connectivity index (χ3v) is 6.48. The Labute approximate surface area is 174 Å². The highest BCUT2D eigenvalue weighted by Gasteiger charge is 2.16. The quantitative estimate of drug-likeness (QED) is 0.542. The monoisotopic (exact) mass is 419 g/mol. The maximum absolute atomic E-state index is 13.1. The molecule has 2 aromatic carbocycles. The fourth-order valence-corrected chi connectivity index (χ4v) is 4.52. The normalized spacial score (nSPS) is 11.6. The molecule has 0 saturated heterocycles. The van der Waals surface area contributed by atoms with Gasteiger partial charge in [0.05, 0.1) is 10.4 Å². The van der Waals surface area contributed by atoms with E-state index in [0.29, 0.717) is 16.8 Å². The lowest BCUT2D eigenvalue weighted by atomic mass is 10.00. The second kappa shape index (κ2) is 7.42. The molecule has 0 aliphatic rings. The minimum absolute atomic E-state index is 0.153. The Morgan fingerprint density at radius 2 is 1.67 bits per heavy atom. The third-order valence-electron chi connectivity index (χ3n) is 5.08. The fraction of sp³-hybridized carbons (Fsp3) is 0.130. The van der Waals surface area contributed by atoms with Gasteiger partial charge in [-0.2, -0.15) is 0 Å². The number of hydrogen-bond acceptors (Lipinski definition) is 4. The Morgan fingerprint density at radius 1 is 0.933 bits per heavy atom. The molecule has 7 heteroatoms. The molecule has 0 unspecified atom stereocenters. The molecule has 152 valence electrons. The van der Waals surface area contributed by atoms with E-state index in [1.807, 2.05) is 26.0 Å². The summed E-state index contributed by atoms with van der Waals surface area (Å²) < 4.78 is 29.6. The van der Waals surface area contributed by atoms with Crippen LogP contribution in [0.3, 0.4) is 0 Å². The van der Waals surface area contributed by atoms with E-state index in [-0.39, 0.29) is 10.5 Å². The van der Waals surface area contributed by atoms with Gasteiger partial charge in [-0.1, -0.05) is 24.3 Å². The summed E-state index contributed by atoms with van der Waals surface area (Å²) in [5.41, 5.74) is 3.91. The number of aryl methyl sites for hydroxylation is 3. The van der Waals surface area contributed by atoms with Gasteiger partial charge in [0, 0.05) is 35.6 Å². The van der Waals surface area contributed by atoms with E-state index in [0.717, 1.165) is 22.2 Å². The number of pyridine rings is 2. The molecule has 0 radical (unpaired) electrons. The highest BCUT2D eigenvalue weighted by molar-refractivity contribution is 7.92. The number of aromatic nitrogens is 2. The molecule has 4 rings (SSSR count). The first-order valence-corrected chi connectivity index (χ1v) is 10.9. The molecule has 0 spiro atoms. The number of rotatable bonds is 4. The van der Waals surface area contributed by atoms with Crippen molar-refractivity contribution in [3.05, 3.63) is 88.5 Å². The lowest BCUT2D eigenvalue weighted by Crippen LogP contribution is -2.19. The molecule has 30 heavy (non-hydrogen) atoms. The van der Waals surface area contributed by atoms with E-state index >= 15 is 0 Å². The average Bonchev–Trinajstić information content (AvgIpc) is 2.73. The van der Waals surface area contributed by atoms with Gasteiger partial charge in [0.1, 0.15) is 0 Å². The molecule has 4 aromatic rings. The Balaban J connectivity index is 1.83. The van der Waals surface area contributed by atoms with Crippen LogP contribution in [0, 0.1) is 13.8 Å². The minimum Gasteiger partial charge on any atom is -0.311 e. The Hall–Kier alpha value is -3.45. The lowest BCUT2D eigenvalue weighted by Gasteiger charge is -2.14. The highest BCUT2D eigenvalue weighted by Crippen LogP contribution is 2.28. The van der Waals surface area contributed by atoms with Crippen molar-refractivity contribution in [3.8, 4) is 11.1 Å². The van der Waals surface area contributed by atoms with Gasteiger partial charge in [0.25, 0.3) is 15.6 Å². The molecule has 0 bridgehead atoms. The topological polar surface area (TPSA) is 81.1 Å². The number of nitrogens with one attached hydrogen (secondary N) is 1. The second-order valence-corrected chi connectivity index (χ2v) is 8.94. The molecule has 0 amide bonds. The number of fused-ring (bicyclic) bond motifs is 1. The van der Waals surface area contributed by atoms with E-state index < -0.39 is 10.0 Å². The summed E-state index contributed by atoms with van der Waals surface area (Å²) in [6, 6.07) is 17.0. The predicted octanol–water partition coefficient (Wildman–Crippen LogP) is 4.02. The van der Waals surface area contributed by atoms with E-state index in [9.17, 15) is 13.2 Å². The first kappa shape index (κ1) is 19.8. The van der Waals surface area contributed by atoms with Crippen LogP contribution in [0.4, 0.5) is 5.69 Å². The molecule has 0 atom stereocenters. The van der Waals surface area contributed by atoms with Gasteiger partial charge >= 0.3 is 0 Å². The van der Waals surface area contributed by atoms with E-state index in [4.69, 9.17) is 0 Å². The summed E-state index contributed by atoms with van der Waals surface area (Å²) in [6.45, 7) is 3.77. The summed E-state index contributed by atoms with van der Waals surface area (Å²) >= 11 is 0. The molecule has 0 fully saturated rings. The maximum atomic E-state index is 13.1. The summed E-state index contributed by atoms with van der Waals surface area (Å²) in [6.07, 6.45) is 1.74. The van der Waals surface area contributed by atoms with E-state index in [1.165, 1.54) is 12.1 Å². The van der Waals surface area contributed by atoms with Crippen molar-refractivity contribution in [1.82, 2.24) is 9.55 Å². The molecular formula is C23H21N3O3S. The molecule has 0 aliphatic carbocycles. The van der Waals surface area contributed by atoms with Gasteiger partial charge in [-0.05, 0) is 61.4 Å². The first-order chi connectivity index (χ1) is 14.3. The van der Waals surface area contributed by atoms with Crippen LogP contribution in [0.2, 0.25) is 0 Å². The summed E-state index contributed by atoms with van der Waals surface area (Å²) in [5, 5.41) is 0.840. The van der Waals surface area contributed by atoms with E-state index in [2.05, 4.69) is 9.71 Å². The van der Waals surface area contributed by atoms with Crippen molar-refractivity contribution >= 4 is 26.6 Å². The van der Waals surface area contributed by atoms with E-state index in [1.54, 1.807) is 54.2 Å². The van der Waals surface area contributed by atoms with Crippen LogP contribution in [0.25, 0.3) is 22.0 Å². The zero-order valence-corrected chi connectivity index (χ0v) is 17.7. The zero-order chi connectivity index (χ0) is 21.5. The van der Waals surface area contributed by atoms with Gasteiger partial charge in [-0.3, -0.25) is 14.5 Å². The Kier molecular flexibility index (Phi) is 4.91. The number of hydrogen-bond donors (Lipinski definition) is 1. The van der Waals surface area contributed by atoms with Gasteiger partial charge in [-0.25, -0.2) is 8.42 Å². The number of sulfonamides is 1. The van der Waals surface area contributed by atoms with Crippen molar-refractivity contribution in [2.45, 2.75) is 18.7 Å². The van der Waals surface area contributed by atoms with Crippen LogP contribution in [0.5, 0.6) is 0 Å². The van der Waals surface area contributed by atoms with Crippen molar-refractivity contribution in [1.29, 1.82) is 0 Å².